The fourth-order valence-corrected chi connectivity index (χ4v) is 2.33. The van der Waals surface area contributed by atoms with E-state index in [4.69, 9.17) is 4.52 Å². The predicted octanol–water partition coefficient (Wildman–Crippen LogP) is 2.82. The van der Waals surface area contributed by atoms with Crippen molar-refractivity contribution in [1.29, 1.82) is 0 Å². The van der Waals surface area contributed by atoms with Crippen molar-refractivity contribution in [2.75, 3.05) is 13.1 Å². The molecule has 1 atom stereocenters. The lowest BCUT2D eigenvalue weighted by Gasteiger charge is -2.33. The second-order valence-corrected chi connectivity index (χ2v) is 5.19. The Balaban J connectivity index is 1.96. The van der Waals surface area contributed by atoms with Gasteiger partial charge < -0.3 is 4.52 Å². The Hall–Kier alpha value is -0.900. The SMILES string of the molecule is CCCc1noc([C@H](C)N2CCC(C)CC2)n1. The summed E-state index contributed by atoms with van der Waals surface area (Å²) >= 11 is 0. The molecule has 1 fully saturated rings. The number of aryl methyl sites for hydroxylation is 1. The molecule has 2 heterocycles. The van der Waals surface area contributed by atoms with Crippen molar-refractivity contribution in [2.24, 2.45) is 5.92 Å². The monoisotopic (exact) mass is 237 g/mol. The normalized spacial score (nSPS) is 20.6. The summed E-state index contributed by atoms with van der Waals surface area (Å²) in [6, 6.07) is 0.264. The van der Waals surface area contributed by atoms with E-state index in [2.05, 4.69) is 35.8 Å². The van der Waals surface area contributed by atoms with Crippen molar-refractivity contribution >= 4 is 0 Å². The third-order valence-electron chi connectivity index (χ3n) is 3.68. The summed E-state index contributed by atoms with van der Waals surface area (Å²) in [5, 5.41) is 4.02. The molecule has 1 aliphatic rings. The third kappa shape index (κ3) is 3.06. The van der Waals surface area contributed by atoms with Crippen LogP contribution < -0.4 is 0 Å². The van der Waals surface area contributed by atoms with Crippen LogP contribution in [0.2, 0.25) is 0 Å². The van der Waals surface area contributed by atoms with Gasteiger partial charge in [0.15, 0.2) is 5.82 Å². The maximum atomic E-state index is 5.36. The van der Waals surface area contributed by atoms with E-state index < -0.39 is 0 Å². The number of nitrogens with zero attached hydrogens (tertiary/aromatic N) is 3. The fourth-order valence-electron chi connectivity index (χ4n) is 2.33. The van der Waals surface area contributed by atoms with E-state index in [0.29, 0.717) is 0 Å². The molecule has 4 heteroatoms. The molecule has 4 nitrogen and oxygen atoms in total. The van der Waals surface area contributed by atoms with E-state index in [0.717, 1.165) is 43.6 Å². The summed E-state index contributed by atoms with van der Waals surface area (Å²) in [7, 11) is 0. The zero-order valence-electron chi connectivity index (χ0n) is 11.1. The van der Waals surface area contributed by atoms with Gasteiger partial charge in [0.2, 0.25) is 5.89 Å². The van der Waals surface area contributed by atoms with Gasteiger partial charge >= 0.3 is 0 Å². The van der Waals surface area contributed by atoms with Crippen LogP contribution in [-0.2, 0) is 6.42 Å². The summed E-state index contributed by atoms with van der Waals surface area (Å²) in [4.78, 5) is 6.92. The minimum absolute atomic E-state index is 0.264. The lowest BCUT2D eigenvalue weighted by atomic mass is 9.98. The van der Waals surface area contributed by atoms with Gasteiger partial charge in [-0.2, -0.15) is 4.98 Å². The third-order valence-corrected chi connectivity index (χ3v) is 3.68. The molecule has 1 aromatic rings. The largest absolute Gasteiger partial charge is 0.338 e. The Morgan fingerprint density at radius 3 is 2.76 bits per heavy atom. The van der Waals surface area contributed by atoms with Gasteiger partial charge in [0.1, 0.15) is 0 Å². The molecule has 0 aliphatic carbocycles. The molecular formula is C13H23N3O. The second kappa shape index (κ2) is 5.63. The number of piperidine rings is 1. The highest BCUT2D eigenvalue weighted by Gasteiger charge is 2.24. The quantitative estimate of drug-likeness (QED) is 0.807. The Labute approximate surface area is 103 Å². The smallest absolute Gasteiger partial charge is 0.243 e. The van der Waals surface area contributed by atoms with Crippen molar-refractivity contribution in [2.45, 2.75) is 52.5 Å². The maximum Gasteiger partial charge on any atom is 0.243 e. The van der Waals surface area contributed by atoms with Crippen LogP contribution in [0, 0.1) is 5.92 Å². The van der Waals surface area contributed by atoms with Crippen LogP contribution in [0.15, 0.2) is 4.52 Å². The van der Waals surface area contributed by atoms with Gasteiger partial charge in [-0.1, -0.05) is 19.0 Å². The highest BCUT2D eigenvalue weighted by molar-refractivity contribution is 4.93. The maximum absolute atomic E-state index is 5.36. The average Bonchev–Trinajstić information content (AvgIpc) is 2.78. The molecule has 2 rings (SSSR count). The minimum Gasteiger partial charge on any atom is -0.338 e. The first-order valence-electron chi connectivity index (χ1n) is 6.77. The summed E-state index contributed by atoms with van der Waals surface area (Å²) in [5.74, 6) is 2.49. The zero-order valence-corrected chi connectivity index (χ0v) is 11.1. The second-order valence-electron chi connectivity index (χ2n) is 5.19. The molecule has 96 valence electrons. The Morgan fingerprint density at radius 2 is 2.12 bits per heavy atom. The molecule has 0 radical (unpaired) electrons. The van der Waals surface area contributed by atoms with Gasteiger partial charge in [0.05, 0.1) is 6.04 Å². The average molecular weight is 237 g/mol. The van der Waals surface area contributed by atoms with Gasteiger partial charge in [-0.25, -0.2) is 0 Å². The number of likely N-dealkylation sites (tertiary alicyclic amines) is 1. The molecule has 0 unspecified atom stereocenters. The summed E-state index contributed by atoms with van der Waals surface area (Å²) in [6.45, 7) is 8.92. The lowest BCUT2D eigenvalue weighted by molar-refractivity contribution is 0.124. The molecule has 0 N–H and O–H groups in total. The number of aromatic nitrogens is 2. The topological polar surface area (TPSA) is 42.2 Å². The van der Waals surface area contributed by atoms with Gasteiger partial charge in [-0.15, -0.1) is 0 Å². The first-order valence-corrected chi connectivity index (χ1v) is 6.77. The van der Waals surface area contributed by atoms with Crippen molar-refractivity contribution in [3.05, 3.63) is 11.7 Å². The minimum atomic E-state index is 0.264. The van der Waals surface area contributed by atoms with E-state index in [9.17, 15) is 0 Å². The van der Waals surface area contributed by atoms with Crippen molar-refractivity contribution in [3.8, 4) is 0 Å². The molecule has 1 aromatic heterocycles. The first kappa shape index (κ1) is 12.6. The number of hydrogen-bond donors (Lipinski definition) is 0. The lowest BCUT2D eigenvalue weighted by Crippen LogP contribution is -2.35. The van der Waals surface area contributed by atoms with Crippen molar-refractivity contribution in [3.63, 3.8) is 0 Å². The highest BCUT2D eigenvalue weighted by Crippen LogP contribution is 2.25. The van der Waals surface area contributed by atoms with Gasteiger partial charge in [0.25, 0.3) is 0 Å². The zero-order chi connectivity index (χ0) is 12.3. The van der Waals surface area contributed by atoms with E-state index >= 15 is 0 Å². The molecule has 0 aromatic carbocycles. The summed E-state index contributed by atoms with van der Waals surface area (Å²) in [5.41, 5.74) is 0. The van der Waals surface area contributed by atoms with Crippen molar-refractivity contribution in [1.82, 2.24) is 15.0 Å². The van der Waals surface area contributed by atoms with E-state index in [1.165, 1.54) is 12.8 Å². The van der Waals surface area contributed by atoms with Crippen LogP contribution in [0.1, 0.15) is 57.8 Å². The standard InChI is InChI=1S/C13H23N3O/c1-4-5-12-14-13(17-15-12)11(3)16-8-6-10(2)7-9-16/h10-11H,4-9H2,1-3H3/t11-/m0/s1. The number of hydrogen-bond acceptors (Lipinski definition) is 4. The number of rotatable bonds is 4. The fraction of sp³-hybridized carbons (Fsp3) is 0.846. The molecule has 0 amide bonds. The van der Waals surface area contributed by atoms with E-state index in [-0.39, 0.29) is 6.04 Å². The predicted molar refractivity (Wildman–Crippen MR) is 66.7 cm³/mol. The Morgan fingerprint density at radius 1 is 1.41 bits per heavy atom. The van der Waals surface area contributed by atoms with Crippen molar-refractivity contribution < 1.29 is 4.52 Å². The van der Waals surface area contributed by atoms with E-state index in [1.54, 1.807) is 0 Å². The molecule has 17 heavy (non-hydrogen) atoms. The van der Waals surface area contributed by atoms with Crippen LogP contribution >= 0.6 is 0 Å². The highest BCUT2D eigenvalue weighted by atomic mass is 16.5. The molecule has 0 bridgehead atoms. The van der Waals surface area contributed by atoms with Gasteiger partial charge in [-0.3, -0.25) is 4.90 Å². The summed E-state index contributed by atoms with van der Waals surface area (Å²) in [6.07, 6.45) is 4.53. The van der Waals surface area contributed by atoms with Gasteiger partial charge in [-0.05, 0) is 45.2 Å². The van der Waals surface area contributed by atoms with Crippen LogP contribution in [0.4, 0.5) is 0 Å². The molecule has 1 aliphatic heterocycles. The Kier molecular flexibility index (Phi) is 4.15. The molecule has 1 saturated heterocycles. The summed E-state index contributed by atoms with van der Waals surface area (Å²) < 4.78 is 5.36. The first-order chi connectivity index (χ1) is 8.20. The van der Waals surface area contributed by atoms with Crippen LogP contribution in [0.25, 0.3) is 0 Å². The Bertz CT molecular complexity index is 342. The van der Waals surface area contributed by atoms with Gasteiger partial charge in [0, 0.05) is 6.42 Å². The molecular weight excluding hydrogens is 214 g/mol. The van der Waals surface area contributed by atoms with E-state index in [1.807, 2.05) is 0 Å². The van der Waals surface area contributed by atoms with Crippen LogP contribution in [0.5, 0.6) is 0 Å². The van der Waals surface area contributed by atoms with Crippen LogP contribution in [0.3, 0.4) is 0 Å². The molecule has 0 saturated carbocycles. The van der Waals surface area contributed by atoms with Crippen LogP contribution in [-0.4, -0.2) is 28.1 Å². The molecule has 0 spiro atoms.